The molecule has 0 aliphatic carbocycles. The molecule has 0 amide bonds. The van der Waals surface area contributed by atoms with Gasteiger partial charge in [-0.15, -0.1) is 6.58 Å². The van der Waals surface area contributed by atoms with Crippen molar-refractivity contribution in [1.82, 2.24) is 4.57 Å². The van der Waals surface area contributed by atoms with Crippen molar-refractivity contribution >= 4 is 29.4 Å². The minimum atomic E-state index is -0.897. The zero-order valence-electron chi connectivity index (χ0n) is 25.9. The zero-order valence-corrected chi connectivity index (χ0v) is 26.7. The normalized spacial score (nSPS) is 14.3. The first-order chi connectivity index (χ1) is 21.7. The predicted molar refractivity (Wildman–Crippen MR) is 169 cm³/mol. The second kappa shape index (κ2) is 14.8. The summed E-state index contributed by atoms with van der Waals surface area (Å²) in [6.45, 7) is 11.2. The first-order valence-corrected chi connectivity index (χ1v) is 15.2. The Bertz CT molecular complexity index is 1820. The van der Waals surface area contributed by atoms with Crippen molar-refractivity contribution in [3.63, 3.8) is 0 Å². The van der Waals surface area contributed by atoms with Crippen LogP contribution in [0.3, 0.4) is 0 Å². The molecular weight excluding hydrogens is 600 g/mol. The van der Waals surface area contributed by atoms with E-state index in [0.717, 1.165) is 0 Å². The second-order valence-corrected chi connectivity index (χ2v) is 10.8. The van der Waals surface area contributed by atoms with Gasteiger partial charge in [0.25, 0.3) is 5.56 Å². The molecule has 45 heavy (non-hydrogen) atoms. The van der Waals surface area contributed by atoms with Crippen LogP contribution < -0.4 is 29.1 Å². The number of fused-ring (bicyclic) bond motifs is 1. The van der Waals surface area contributed by atoms with Crippen LogP contribution >= 0.6 is 11.3 Å². The molecule has 0 radical (unpaired) electrons. The van der Waals surface area contributed by atoms with Crippen molar-refractivity contribution < 1.29 is 38.4 Å². The molecule has 4 rings (SSSR count). The fourth-order valence-corrected chi connectivity index (χ4v) is 5.93. The van der Waals surface area contributed by atoms with Crippen LogP contribution in [0.1, 0.15) is 50.4 Å². The van der Waals surface area contributed by atoms with Crippen LogP contribution in [-0.4, -0.2) is 55.1 Å². The molecule has 0 bridgehead atoms. The number of thiazole rings is 1. The van der Waals surface area contributed by atoms with Gasteiger partial charge in [-0.05, 0) is 75.6 Å². The molecule has 0 unspecified atom stereocenters. The Morgan fingerprint density at radius 3 is 2.44 bits per heavy atom. The molecule has 0 spiro atoms. The smallest absolute Gasteiger partial charge is 0.343 e. The molecule has 1 aromatic heterocycles. The van der Waals surface area contributed by atoms with Gasteiger partial charge in [0.2, 0.25) is 0 Å². The van der Waals surface area contributed by atoms with E-state index >= 15 is 0 Å². The molecule has 238 valence electrons. The monoisotopic (exact) mass is 636 g/mol. The highest BCUT2D eigenvalue weighted by atomic mass is 32.1. The molecule has 0 saturated heterocycles. The summed E-state index contributed by atoms with van der Waals surface area (Å²) in [5, 5.41) is 10.6. The third-order valence-corrected chi connectivity index (χ3v) is 7.79. The van der Waals surface area contributed by atoms with Crippen LogP contribution in [0, 0.1) is 0 Å². The number of phenolic OH excluding ortho intramolecular Hbond substituents is 1. The second-order valence-electron chi connectivity index (χ2n) is 9.76. The fourth-order valence-electron chi connectivity index (χ4n) is 4.89. The van der Waals surface area contributed by atoms with Gasteiger partial charge in [0.15, 0.2) is 34.4 Å². The maximum absolute atomic E-state index is 14.1. The van der Waals surface area contributed by atoms with Crippen molar-refractivity contribution in [3.8, 4) is 23.0 Å². The van der Waals surface area contributed by atoms with E-state index in [4.69, 9.17) is 18.9 Å². The number of allylic oxidation sites excluding steroid dienone is 2. The van der Waals surface area contributed by atoms with Crippen molar-refractivity contribution in [2.75, 3.05) is 33.5 Å². The van der Waals surface area contributed by atoms with Gasteiger partial charge in [-0.25, -0.2) is 14.6 Å². The maximum Gasteiger partial charge on any atom is 0.343 e. The highest BCUT2D eigenvalue weighted by Crippen LogP contribution is 2.37. The Morgan fingerprint density at radius 1 is 1.04 bits per heavy atom. The molecule has 1 aliphatic heterocycles. The minimum Gasteiger partial charge on any atom is -0.504 e. The van der Waals surface area contributed by atoms with Crippen molar-refractivity contribution in [2.45, 2.75) is 40.2 Å². The number of carbonyl (C=O) groups is 2. The van der Waals surface area contributed by atoms with Crippen LogP contribution in [-0.2, 0) is 25.5 Å². The van der Waals surface area contributed by atoms with Gasteiger partial charge in [0.1, 0.15) is 0 Å². The molecule has 12 heteroatoms. The van der Waals surface area contributed by atoms with Gasteiger partial charge < -0.3 is 28.8 Å². The highest BCUT2D eigenvalue weighted by molar-refractivity contribution is 7.07. The molecule has 11 nitrogen and oxygen atoms in total. The van der Waals surface area contributed by atoms with Gasteiger partial charge in [-0.3, -0.25) is 9.36 Å². The molecule has 2 heterocycles. The molecule has 1 aliphatic rings. The van der Waals surface area contributed by atoms with Crippen LogP contribution in [0.15, 0.2) is 64.0 Å². The molecule has 1 atom stereocenters. The molecule has 0 saturated carbocycles. The number of aromatic nitrogens is 1. The van der Waals surface area contributed by atoms with Crippen molar-refractivity contribution in [3.05, 3.63) is 90.6 Å². The van der Waals surface area contributed by atoms with Crippen LogP contribution in [0.5, 0.6) is 23.0 Å². The third-order valence-electron chi connectivity index (χ3n) is 6.81. The summed E-state index contributed by atoms with van der Waals surface area (Å²) in [4.78, 5) is 44.1. The zero-order chi connectivity index (χ0) is 32.7. The van der Waals surface area contributed by atoms with Crippen LogP contribution in [0.2, 0.25) is 0 Å². The maximum atomic E-state index is 14.1. The van der Waals surface area contributed by atoms with E-state index in [2.05, 4.69) is 16.3 Å². The predicted octanol–water partition coefficient (Wildman–Crippen LogP) is 3.58. The number of rotatable bonds is 13. The summed E-state index contributed by atoms with van der Waals surface area (Å²) in [5.41, 5.74) is 2.03. The lowest BCUT2D eigenvalue weighted by molar-refractivity contribution is -0.143. The van der Waals surface area contributed by atoms with E-state index in [-0.39, 0.29) is 30.1 Å². The third kappa shape index (κ3) is 7.12. The summed E-state index contributed by atoms with van der Waals surface area (Å²) < 4.78 is 29.0. The quantitative estimate of drug-likeness (QED) is 0.221. The summed E-state index contributed by atoms with van der Waals surface area (Å²) in [5.74, 6) is -0.224. The van der Waals surface area contributed by atoms with Crippen molar-refractivity contribution in [2.24, 2.45) is 4.99 Å². The number of hydrogen-bond donors (Lipinski definition) is 1. The standard InChI is InChI=1S/C33H36N2O9S/c1-7-11-22-14-20(15-25(30(22)37)42-9-3)16-26-31(38)35-29(28(32(39)43-10-4)19(5)34-33(35)45-26)21-12-13-23(24(17-21)41-8-2)44-18-27(36)40-6/h7,12-17,29,37H,1,8-11,18H2,2-6H3/b26-16-/t29-/m0/s1. The topological polar surface area (TPSA) is 135 Å². The summed E-state index contributed by atoms with van der Waals surface area (Å²) in [7, 11) is 1.26. The number of benzene rings is 2. The Morgan fingerprint density at radius 2 is 1.78 bits per heavy atom. The van der Waals surface area contributed by atoms with Crippen LogP contribution in [0.4, 0.5) is 0 Å². The van der Waals surface area contributed by atoms with E-state index < -0.39 is 18.0 Å². The Labute approximate surface area is 264 Å². The number of carbonyl (C=O) groups excluding carboxylic acids is 2. The number of phenols is 1. The van der Waals surface area contributed by atoms with E-state index in [1.807, 2.05) is 6.92 Å². The van der Waals surface area contributed by atoms with E-state index in [1.54, 1.807) is 63.3 Å². The largest absolute Gasteiger partial charge is 0.504 e. The van der Waals surface area contributed by atoms with Gasteiger partial charge >= 0.3 is 11.9 Å². The average Bonchev–Trinajstić information content (AvgIpc) is 3.31. The fraction of sp³-hybridized carbons (Fsp3) is 0.333. The average molecular weight is 637 g/mol. The molecular formula is C33H36N2O9S. The van der Waals surface area contributed by atoms with Gasteiger partial charge in [-0.2, -0.15) is 0 Å². The number of esters is 2. The lowest BCUT2D eigenvalue weighted by Gasteiger charge is -2.25. The van der Waals surface area contributed by atoms with E-state index in [1.165, 1.54) is 23.0 Å². The number of methoxy groups -OCH3 is 1. The molecule has 0 fully saturated rings. The summed E-state index contributed by atoms with van der Waals surface area (Å²) in [6, 6.07) is 7.52. The van der Waals surface area contributed by atoms with Crippen LogP contribution in [0.25, 0.3) is 6.08 Å². The lowest BCUT2D eigenvalue weighted by atomic mass is 9.95. The number of nitrogens with zero attached hydrogens (tertiary/aromatic N) is 2. The van der Waals surface area contributed by atoms with E-state index in [9.17, 15) is 19.5 Å². The number of aromatic hydroxyl groups is 1. The summed E-state index contributed by atoms with van der Waals surface area (Å²) in [6.07, 6.45) is 3.77. The summed E-state index contributed by atoms with van der Waals surface area (Å²) >= 11 is 1.17. The Balaban J connectivity index is 1.92. The van der Waals surface area contributed by atoms with Gasteiger partial charge in [0.05, 0.1) is 48.8 Å². The minimum absolute atomic E-state index is 0.0224. The molecule has 3 aromatic rings. The molecule has 2 aromatic carbocycles. The molecule has 1 N–H and O–H groups in total. The first-order valence-electron chi connectivity index (χ1n) is 14.4. The Kier molecular flexibility index (Phi) is 10.8. The highest BCUT2D eigenvalue weighted by Gasteiger charge is 2.34. The first kappa shape index (κ1) is 33.1. The Hall–Kier alpha value is -4.84. The lowest BCUT2D eigenvalue weighted by Crippen LogP contribution is -2.40. The number of hydrogen-bond acceptors (Lipinski definition) is 11. The van der Waals surface area contributed by atoms with Gasteiger partial charge in [-0.1, -0.05) is 23.5 Å². The van der Waals surface area contributed by atoms with Crippen molar-refractivity contribution in [1.29, 1.82) is 0 Å². The SMILES string of the molecule is C=CCc1cc(/C=c2\sc3n(c2=O)[C@@H](c2ccc(OCC(=O)OC)c(OCC)c2)C(C(=O)OCC)=C(C)N=3)cc(OCC)c1O. The number of ether oxygens (including phenoxy) is 5. The van der Waals surface area contributed by atoms with E-state index in [0.29, 0.717) is 68.6 Å². The van der Waals surface area contributed by atoms with Gasteiger partial charge in [0, 0.05) is 5.56 Å².